The molecule has 1 unspecified atom stereocenters. The summed E-state index contributed by atoms with van der Waals surface area (Å²) in [5.41, 5.74) is 0. The molecule has 15 heavy (non-hydrogen) atoms. The number of aromatic nitrogens is 2. The van der Waals surface area contributed by atoms with Gasteiger partial charge in [0.15, 0.2) is 0 Å². The summed E-state index contributed by atoms with van der Waals surface area (Å²) < 4.78 is 5.14. The first-order chi connectivity index (χ1) is 7.36. The standard InChI is InChI=1S/C11H19N3O/c1-3-5-10(9-15-2)14-8-11-12-6-4-7-13-11/h4,6-7,10,14H,3,5,8-9H2,1-2H3. The lowest BCUT2D eigenvalue weighted by Gasteiger charge is -2.16. The number of ether oxygens (including phenoxy) is 1. The number of methoxy groups -OCH3 is 1. The lowest BCUT2D eigenvalue weighted by Crippen LogP contribution is -2.33. The van der Waals surface area contributed by atoms with E-state index in [1.54, 1.807) is 19.5 Å². The van der Waals surface area contributed by atoms with E-state index in [1.165, 1.54) is 0 Å². The van der Waals surface area contributed by atoms with Gasteiger partial charge < -0.3 is 10.1 Å². The van der Waals surface area contributed by atoms with Gasteiger partial charge in [-0.05, 0) is 12.5 Å². The first-order valence-electron chi connectivity index (χ1n) is 5.35. The Kier molecular flexibility index (Phi) is 5.88. The third-order valence-electron chi connectivity index (χ3n) is 2.17. The van der Waals surface area contributed by atoms with Gasteiger partial charge in [-0.1, -0.05) is 13.3 Å². The lowest BCUT2D eigenvalue weighted by molar-refractivity contribution is 0.161. The maximum Gasteiger partial charge on any atom is 0.141 e. The first kappa shape index (κ1) is 12.1. The maximum atomic E-state index is 5.14. The zero-order chi connectivity index (χ0) is 10.9. The third-order valence-corrected chi connectivity index (χ3v) is 2.17. The fourth-order valence-corrected chi connectivity index (χ4v) is 1.45. The second kappa shape index (κ2) is 7.31. The Morgan fingerprint density at radius 2 is 2.13 bits per heavy atom. The molecule has 0 bridgehead atoms. The molecule has 4 heteroatoms. The molecule has 1 aromatic heterocycles. The van der Waals surface area contributed by atoms with Gasteiger partial charge >= 0.3 is 0 Å². The van der Waals surface area contributed by atoms with Crippen molar-refractivity contribution in [2.45, 2.75) is 32.4 Å². The molecule has 1 heterocycles. The van der Waals surface area contributed by atoms with E-state index < -0.39 is 0 Å². The van der Waals surface area contributed by atoms with Crippen LogP contribution in [0.3, 0.4) is 0 Å². The molecular formula is C11H19N3O. The van der Waals surface area contributed by atoms with Crippen molar-refractivity contribution in [3.63, 3.8) is 0 Å². The molecule has 0 aliphatic carbocycles. The van der Waals surface area contributed by atoms with Crippen LogP contribution in [-0.2, 0) is 11.3 Å². The maximum absolute atomic E-state index is 5.14. The Morgan fingerprint density at radius 3 is 2.73 bits per heavy atom. The van der Waals surface area contributed by atoms with Crippen LogP contribution in [0.25, 0.3) is 0 Å². The summed E-state index contributed by atoms with van der Waals surface area (Å²) in [6.07, 6.45) is 5.78. The van der Waals surface area contributed by atoms with Gasteiger partial charge in [0.2, 0.25) is 0 Å². The van der Waals surface area contributed by atoms with Gasteiger partial charge in [0.1, 0.15) is 5.82 Å². The van der Waals surface area contributed by atoms with E-state index in [0.29, 0.717) is 12.6 Å². The fraction of sp³-hybridized carbons (Fsp3) is 0.636. The highest BCUT2D eigenvalue weighted by atomic mass is 16.5. The molecule has 1 atom stereocenters. The van der Waals surface area contributed by atoms with Gasteiger partial charge in [0, 0.05) is 25.5 Å². The average Bonchev–Trinajstić information content (AvgIpc) is 2.28. The van der Waals surface area contributed by atoms with E-state index in [-0.39, 0.29) is 0 Å². The molecule has 0 amide bonds. The molecule has 84 valence electrons. The van der Waals surface area contributed by atoms with E-state index in [1.807, 2.05) is 6.07 Å². The predicted molar refractivity (Wildman–Crippen MR) is 59.4 cm³/mol. The smallest absolute Gasteiger partial charge is 0.141 e. The van der Waals surface area contributed by atoms with Crippen molar-refractivity contribution in [1.29, 1.82) is 0 Å². The molecule has 0 saturated heterocycles. The molecule has 0 fully saturated rings. The van der Waals surface area contributed by atoms with E-state index >= 15 is 0 Å². The Bertz CT molecular complexity index is 247. The predicted octanol–water partition coefficient (Wildman–Crippen LogP) is 1.38. The highest BCUT2D eigenvalue weighted by molar-refractivity contribution is 4.88. The van der Waals surface area contributed by atoms with Gasteiger partial charge in [-0.15, -0.1) is 0 Å². The molecule has 0 saturated carbocycles. The molecule has 4 nitrogen and oxygen atoms in total. The van der Waals surface area contributed by atoms with Gasteiger partial charge in [-0.2, -0.15) is 0 Å². The normalized spacial score (nSPS) is 12.7. The Hall–Kier alpha value is -1.00. The fourth-order valence-electron chi connectivity index (χ4n) is 1.45. The minimum Gasteiger partial charge on any atom is -0.383 e. The highest BCUT2D eigenvalue weighted by Crippen LogP contribution is 1.98. The number of nitrogens with one attached hydrogen (secondary N) is 1. The molecular weight excluding hydrogens is 190 g/mol. The summed E-state index contributed by atoms with van der Waals surface area (Å²) in [5, 5.41) is 3.39. The molecule has 0 aliphatic rings. The third kappa shape index (κ3) is 4.85. The monoisotopic (exact) mass is 209 g/mol. The molecule has 1 rings (SSSR count). The van der Waals surface area contributed by atoms with E-state index in [2.05, 4.69) is 22.2 Å². The van der Waals surface area contributed by atoms with Crippen LogP contribution >= 0.6 is 0 Å². The highest BCUT2D eigenvalue weighted by Gasteiger charge is 2.06. The SMILES string of the molecule is CCCC(COC)NCc1ncccn1. The van der Waals surface area contributed by atoms with Crippen molar-refractivity contribution < 1.29 is 4.74 Å². The van der Waals surface area contributed by atoms with Crippen LogP contribution in [0.4, 0.5) is 0 Å². The Labute approximate surface area is 91.1 Å². The lowest BCUT2D eigenvalue weighted by atomic mass is 10.2. The van der Waals surface area contributed by atoms with Crippen LogP contribution in [0.5, 0.6) is 0 Å². The molecule has 1 N–H and O–H groups in total. The zero-order valence-corrected chi connectivity index (χ0v) is 9.44. The number of nitrogens with zero attached hydrogens (tertiary/aromatic N) is 2. The van der Waals surface area contributed by atoms with Crippen molar-refractivity contribution in [2.24, 2.45) is 0 Å². The van der Waals surface area contributed by atoms with Crippen LogP contribution < -0.4 is 5.32 Å². The minimum atomic E-state index is 0.392. The minimum absolute atomic E-state index is 0.392. The number of hydrogen-bond donors (Lipinski definition) is 1. The van der Waals surface area contributed by atoms with Gasteiger partial charge in [-0.25, -0.2) is 9.97 Å². The summed E-state index contributed by atoms with van der Waals surface area (Å²) >= 11 is 0. The van der Waals surface area contributed by atoms with Gasteiger partial charge in [0.05, 0.1) is 13.2 Å². The Balaban J connectivity index is 2.33. The van der Waals surface area contributed by atoms with E-state index in [0.717, 1.165) is 25.3 Å². The van der Waals surface area contributed by atoms with Crippen LogP contribution in [0.1, 0.15) is 25.6 Å². The van der Waals surface area contributed by atoms with Crippen molar-refractivity contribution in [1.82, 2.24) is 15.3 Å². The second-order valence-electron chi connectivity index (χ2n) is 3.49. The van der Waals surface area contributed by atoms with Crippen molar-refractivity contribution in [3.05, 3.63) is 24.3 Å². The first-order valence-corrected chi connectivity index (χ1v) is 5.35. The van der Waals surface area contributed by atoms with Crippen LogP contribution in [-0.4, -0.2) is 29.7 Å². The van der Waals surface area contributed by atoms with Crippen molar-refractivity contribution in [2.75, 3.05) is 13.7 Å². The van der Waals surface area contributed by atoms with Gasteiger partial charge in [0.25, 0.3) is 0 Å². The molecule has 0 aliphatic heterocycles. The molecule has 0 aromatic carbocycles. The summed E-state index contributed by atoms with van der Waals surface area (Å²) in [7, 11) is 1.73. The molecule has 0 spiro atoms. The van der Waals surface area contributed by atoms with Crippen molar-refractivity contribution in [3.8, 4) is 0 Å². The number of rotatable bonds is 7. The summed E-state index contributed by atoms with van der Waals surface area (Å²) in [5.74, 6) is 0.828. The van der Waals surface area contributed by atoms with Crippen molar-refractivity contribution >= 4 is 0 Å². The van der Waals surface area contributed by atoms with Crippen LogP contribution in [0.15, 0.2) is 18.5 Å². The second-order valence-corrected chi connectivity index (χ2v) is 3.49. The largest absolute Gasteiger partial charge is 0.383 e. The zero-order valence-electron chi connectivity index (χ0n) is 9.44. The van der Waals surface area contributed by atoms with Crippen LogP contribution in [0.2, 0.25) is 0 Å². The van der Waals surface area contributed by atoms with Crippen LogP contribution in [0, 0.1) is 0 Å². The molecule has 1 aromatic rings. The number of hydrogen-bond acceptors (Lipinski definition) is 4. The van der Waals surface area contributed by atoms with Gasteiger partial charge in [-0.3, -0.25) is 0 Å². The summed E-state index contributed by atoms with van der Waals surface area (Å²) in [6, 6.07) is 2.21. The summed E-state index contributed by atoms with van der Waals surface area (Å²) in [4.78, 5) is 8.31. The topological polar surface area (TPSA) is 47.0 Å². The van der Waals surface area contributed by atoms with E-state index in [4.69, 9.17) is 4.74 Å². The Morgan fingerprint density at radius 1 is 1.40 bits per heavy atom. The summed E-state index contributed by atoms with van der Waals surface area (Å²) in [6.45, 7) is 3.61. The molecule has 0 radical (unpaired) electrons. The quantitative estimate of drug-likeness (QED) is 0.737. The van der Waals surface area contributed by atoms with E-state index in [9.17, 15) is 0 Å². The average molecular weight is 209 g/mol.